The van der Waals surface area contributed by atoms with Crippen LogP contribution in [0, 0.1) is 5.92 Å². The van der Waals surface area contributed by atoms with Crippen molar-refractivity contribution in [2.24, 2.45) is 5.92 Å². The number of urea groups is 1. The van der Waals surface area contributed by atoms with Crippen molar-refractivity contribution >= 4 is 23.7 Å². The molecule has 0 N–H and O–H groups in total. The Hall–Kier alpha value is -0.940. The van der Waals surface area contributed by atoms with Crippen molar-refractivity contribution in [3.8, 4) is 0 Å². The van der Waals surface area contributed by atoms with Crippen molar-refractivity contribution in [3.63, 3.8) is 0 Å². The average Bonchev–Trinajstić information content (AvgIpc) is 2.24. The van der Waals surface area contributed by atoms with Crippen LogP contribution >= 0.6 is 11.8 Å². The Morgan fingerprint density at radius 2 is 2.12 bits per heavy atom. The predicted octanol–water partition coefficient (Wildman–Crippen LogP) is 2.41. The van der Waals surface area contributed by atoms with E-state index in [1.54, 1.807) is 0 Å². The van der Waals surface area contributed by atoms with Crippen molar-refractivity contribution in [1.82, 2.24) is 4.42 Å². The van der Waals surface area contributed by atoms with Crippen molar-refractivity contribution in [1.29, 1.82) is 0 Å². The Morgan fingerprint density at radius 3 is 2.62 bits per heavy atom. The number of carbonyl (C=O) groups is 2. The molecule has 0 fully saturated rings. The average molecular weight is 250 g/mol. The summed E-state index contributed by atoms with van der Waals surface area (Å²) in [6.07, 6.45) is 1.52. The summed E-state index contributed by atoms with van der Waals surface area (Å²) in [5.41, 5.74) is 0. The third-order valence-electron chi connectivity index (χ3n) is 2.86. The van der Waals surface area contributed by atoms with Gasteiger partial charge in [0.15, 0.2) is 0 Å². The van der Waals surface area contributed by atoms with Gasteiger partial charge in [0, 0.05) is 17.7 Å². The lowest BCUT2D eigenvalue weighted by Crippen LogP contribution is -2.60. The summed E-state index contributed by atoms with van der Waals surface area (Å²) < 4.78 is 13.2. The van der Waals surface area contributed by atoms with Gasteiger partial charge in [0.25, 0.3) is 0 Å². The molecule has 6 heteroatoms. The van der Waals surface area contributed by atoms with E-state index in [0.717, 1.165) is 6.42 Å². The van der Waals surface area contributed by atoms with E-state index in [4.69, 9.17) is 11.8 Å². The highest BCUT2D eigenvalue weighted by atomic mass is 35.5. The molecule has 0 saturated carbocycles. The molecular weight excluding hydrogens is 235 g/mol. The first-order valence-corrected chi connectivity index (χ1v) is 5.44. The van der Waals surface area contributed by atoms with Crippen LogP contribution in [0.3, 0.4) is 0 Å². The van der Waals surface area contributed by atoms with E-state index in [0.29, 0.717) is 10.6 Å². The van der Waals surface area contributed by atoms with Crippen LogP contribution in [-0.2, 0) is 4.79 Å². The summed E-state index contributed by atoms with van der Waals surface area (Å²) in [5.74, 6) is -1.68. The van der Waals surface area contributed by atoms with Crippen LogP contribution in [0.4, 0.5) is 9.18 Å². The highest BCUT2D eigenvalue weighted by Crippen LogP contribution is 2.25. The number of halogens is 2. The lowest BCUT2D eigenvalue weighted by atomic mass is 10.1. The van der Waals surface area contributed by atoms with Gasteiger partial charge in [-0.15, -0.1) is 0 Å². The van der Waals surface area contributed by atoms with Gasteiger partial charge in [0.2, 0.25) is 5.83 Å². The predicted molar refractivity (Wildman–Crippen MR) is 57.8 cm³/mol. The second-order valence-electron chi connectivity index (χ2n) is 4.26. The molecule has 0 saturated heterocycles. The van der Waals surface area contributed by atoms with Gasteiger partial charge in [0.05, 0.1) is 19.8 Å². The molecule has 4 nitrogen and oxygen atoms in total. The third-order valence-corrected chi connectivity index (χ3v) is 3.10. The van der Waals surface area contributed by atoms with Gasteiger partial charge in [-0.1, -0.05) is 13.8 Å². The van der Waals surface area contributed by atoms with Crippen LogP contribution in [0.5, 0.6) is 0 Å². The number of hydrogen-bond acceptors (Lipinski definition) is 2. The first kappa shape index (κ1) is 13.1. The Morgan fingerprint density at radius 1 is 1.56 bits per heavy atom. The second kappa shape index (κ2) is 4.51. The zero-order chi connectivity index (χ0) is 12.5. The smallest absolute Gasteiger partial charge is 0.222 e. The Bertz CT molecular complexity index is 359. The van der Waals surface area contributed by atoms with E-state index in [2.05, 4.69) is 0 Å². The molecule has 1 aliphatic heterocycles. The maximum atomic E-state index is 13.3. The van der Waals surface area contributed by atoms with E-state index >= 15 is 0 Å². The summed E-state index contributed by atoms with van der Waals surface area (Å²) >= 11 is 5.54. The van der Waals surface area contributed by atoms with Crippen LogP contribution in [-0.4, -0.2) is 34.4 Å². The molecule has 1 aliphatic rings. The van der Waals surface area contributed by atoms with Gasteiger partial charge in [-0.3, -0.25) is 0 Å². The highest BCUT2D eigenvalue weighted by Gasteiger charge is 2.49. The van der Waals surface area contributed by atoms with Crippen LogP contribution in [0.1, 0.15) is 20.3 Å². The molecular formula is C10H15ClFN2O2+. The third kappa shape index (κ3) is 2.10. The summed E-state index contributed by atoms with van der Waals surface area (Å²) in [7, 11) is 1.39. The highest BCUT2D eigenvalue weighted by molar-refractivity contribution is 6.22. The number of hydrogen-bond donors (Lipinski definition) is 0. The number of amides is 3. The van der Waals surface area contributed by atoms with Crippen LogP contribution in [0.2, 0.25) is 0 Å². The van der Waals surface area contributed by atoms with Crippen molar-refractivity contribution < 1.29 is 18.5 Å². The van der Waals surface area contributed by atoms with E-state index < -0.39 is 22.2 Å². The Kier molecular flexibility index (Phi) is 3.70. The second-order valence-corrected chi connectivity index (χ2v) is 4.63. The lowest BCUT2D eigenvalue weighted by molar-refractivity contribution is -0.758. The summed E-state index contributed by atoms with van der Waals surface area (Å²) in [4.78, 5) is 23.5. The minimum absolute atomic E-state index is 0.133. The molecule has 0 aromatic carbocycles. The zero-order valence-electron chi connectivity index (χ0n) is 9.54. The number of imide groups is 1. The lowest BCUT2D eigenvalue weighted by Gasteiger charge is -2.33. The SMILES string of the molecule is CCC(C)C[N+]1(C)C(=O)C(F)=CN(Cl)C1=O. The largest absolute Gasteiger partial charge is 0.445 e. The van der Waals surface area contributed by atoms with E-state index in [-0.39, 0.29) is 12.5 Å². The molecule has 0 bridgehead atoms. The molecule has 0 aromatic rings. The van der Waals surface area contributed by atoms with Gasteiger partial charge in [-0.2, -0.15) is 13.3 Å². The van der Waals surface area contributed by atoms with Gasteiger partial charge in [-0.25, -0.2) is 9.59 Å². The maximum absolute atomic E-state index is 13.3. The first-order valence-electron chi connectivity index (χ1n) is 5.10. The van der Waals surface area contributed by atoms with Gasteiger partial charge in [0.1, 0.15) is 0 Å². The standard InChI is InChI=1S/C10H15ClFN2O2/c1-4-7(2)6-14(3)9(15)8(12)5-13(11)10(14)16/h5,7H,4,6H2,1-3H3/q+1. The molecule has 0 aromatic heterocycles. The number of carbonyl (C=O) groups excluding carboxylic acids is 2. The summed E-state index contributed by atoms with van der Waals surface area (Å²) in [5, 5.41) is 0. The summed E-state index contributed by atoms with van der Waals surface area (Å²) in [6.45, 7) is 4.10. The Labute approximate surface area is 99.0 Å². The first-order chi connectivity index (χ1) is 7.32. The zero-order valence-corrected chi connectivity index (χ0v) is 10.3. The van der Waals surface area contributed by atoms with Gasteiger partial charge in [-0.05, 0) is 6.42 Å². The normalized spacial score (nSPS) is 28.1. The van der Waals surface area contributed by atoms with Crippen LogP contribution in [0.15, 0.2) is 12.0 Å². The topological polar surface area (TPSA) is 37.4 Å². The molecule has 2 atom stereocenters. The maximum Gasteiger partial charge on any atom is 0.445 e. The van der Waals surface area contributed by atoms with E-state index in [1.165, 1.54) is 7.05 Å². The summed E-state index contributed by atoms with van der Waals surface area (Å²) in [6, 6.07) is -0.617. The molecule has 16 heavy (non-hydrogen) atoms. The van der Waals surface area contributed by atoms with Gasteiger partial charge < -0.3 is 0 Å². The minimum atomic E-state index is -0.986. The molecule has 0 radical (unpaired) electrons. The number of nitrogens with zero attached hydrogens (tertiary/aromatic N) is 2. The van der Waals surface area contributed by atoms with Gasteiger partial charge >= 0.3 is 11.9 Å². The quantitative estimate of drug-likeness (QED) is 0.569. The van der Waals surface area contributed by atoms with Crippen molar-refractivity contribution in [2.45, 2.75) is 20.3 Å². The molecule has 1 heterocycles. The molecule has 3 amide bonds. The fourth-order valence-corrected chi connectivity index (χ4v) is 1.91. The Balaban J connectivity index is 3.05. The number of rotatable bonds is 3. The number of quaternary nitrogens is 1. The van der Waals surface area contributed by atoms with E-state index in [9.17, 15) is 14.0 Å². The number of likely N-dealkylation sites (N-methyl/N-ethyl adjacent to an activating group) is 1. The fourth-order valence-electron chi connectivity index (χ4n) is 1.66. The molecule has 1 rings (SSSR count). The molecule has 90 valence electrons. The van der Waals surface area contributed by atoms with Crippen molar-refractivity contribution in [2.75, 3.05) is 13.6 Å². The molecule has 2 unspecified atom stereocenters. The monoisotopic (exact) mass is 249 g/mol. The van der Waals surface area contributed by atoms with Crippen molar-refractivity contribution in [3.05, 3.63) is 12.0 Å². The fraction of sp³-hybridized carbons (Fsp3) is 0.600. The molecule has 0 aliphatic carbocycles. The molecule has 0 spiro atoms. The van der Waals surface area contributed by atoms with Crippen LogP contribution < -0.4 is 0 Å². The van der Waals surface area contributed by atoms with Crippen LogP contribution in [0.25, 0.3) is 0 Å². The minimum Gasteiger partial charge on any atom is -0.222 e. The van der Waals surface area contributed by atoms with E-state index in [1.807, 2.05) is 13.8 Å².